The van der Waals surface area contributed by atoms with Crippen LogP contribution in [0.5, 0.6) is 0 Å². The molecule has 1 amide bonds. The van der Waals surface area contributed by atoms with Crippen molar-refractivity contribution in [3.63, 3.8) is 0 Å². The number of rotatable bonds is 6. The van der Waals surface area contributed by atoms with Crippen molar-refractivity contribution in [2.45, 2.75) is 25.4 Å². The number of oxazole rings is 1. The second-order valence-corrected chi connectivity index (χ2v) is 5.88. The number of carboxylic acid groups (broad SMARTS) is 1. The minimum Gasteiger partial charge on any atom is -0.479 e. The monoisotopic (exact) mass is 344 g/mol. The van der Waals surface area contributed by atoms with Gasteiger partial charge in [-0.25, -0.2) is 9.78 Å². The van der Waals surface area contributed by atoms with E-state index in [4.69, 9.17) is 14.3 Å². The summed E-state index contributed by atoms with van der Waals surface area (Å²) in [7, 11) is 0. The number of amides is 1. The van der Waals surface area contributed by atoms with Gasteiger partial charge in [0, 0.05) is 24.9 Å². The highest BCUT2D eigenvalue weighted by Gasteiger charge is 2.28. The van der Waals surface area contributed by atoms with Gasteiger partial charge in [-0.3, -0.25) is 4.79 Å². The molecule has 0 bridgehead atoms. The Morgan fingerprint density at radius 1 is 1.28 bits per heavy atom. The second kappa shape index (κ2) is 7.94. The first kappa shape index (κ1) is 17.2. The van der Waals surface area contributed by atoms with Gasteiger partial charge in [0.05, 0.1) is 19.3 Å². The molecule has 2 aromatic rings. The lowest BCUT2D eigenvalue weighted by Crippen LogP contribution is -2.48. The zero-order valence-electron chi connectivity index (χ0n) is 13.8. The molecule has 1 saturated heterocycles. The van der Waals surface area contributed by atoms with Crippen LogP contribution in [0.2, 0.25) is 0 Å². The van der Waals surface area contributed by atoms with E-state index >= 15 is 0 Å². The highest BCUT2D eigenvalue weighted by molar-refractivity contribution is 5.78. The van der Waals surface area contributed by atoms with Crippen LogP contribution >= 0.6 is 0 Å². The topological polar surface area (TPSA) is 92.9 Å². The number of aliphatic carboxylic acids is 1. The van der Waals surface area contributed by atoms with Crippen molar-refractivity contribution >= 4 is 11.9 Å². The number of morpholine rings is 1. The molecule has 0 spiro atoms. The van der Waals surface area contributed by atoms with E-state index < -0.39 is 12.1 Å². The number of hydrogen-bond acceptors (Lipinski definition) is 5. The van der Waals surface area contributed by atoms with Crippen molar-refractivity contribution in [3.05, 3.63) is 42.4 Å². The Bertz CT molecular complexity index is 728. The van der Waals surface area contributed by atoms with Crippen LogP contribution < -0.4 is 0 Å². The molecule has 25 heavy (non-hydrogen) atoms. The van der Waals surface area contributed by atoms with Crippen LogP contribution in [0.25, 0.3) is 11.3 Å². The van der Waals surface area contributed by atoms with Crippen LogP contribution in [-0.2, 0) is 20.7 Å². The number of carbonyl (C=O) groups excluding carboxylic acids is 1. The maximum atomic E-state index is 12.2. The normalized spacial score (nSPS) is 17.4. The van der Waals surface area contributed by atoms with Gasteiger partial charge in [-0.15, -0.1) is 0 Å². The summed E-state index contributed by atoms with van der Waals surface area (Å²) in [5, 5.41) is 8.98. The number of carbonyl (C=O) groups is 2. The third-order valence-corrected chi connectivity index (χ3v) is 4.09. The fourth-order valence-corrected chi connectivity index (χ4v) is 2.74. The highest BCUT2D eigenvalue weighted by Crippen LogP contribution is 2.20. The zero-order valence-corrected chi connectivity index (χ0v) is 13.8. The van der Waals surface area contributed by atoms with Gasteiger partial charge in [0.15, 0.2) is 17.8 Å². The van der Waals surface area contributed by atoms with E-state index in [-0.39, 0.29) is 19.1 Å². The van der Waals surface area contributed by atoms with Gasteiger partial charge in [-0.05, 0) is 6.42 Å². The van der Waals surface area contributed by atoms with E-state index in [2.05, 4.69) is 4.98 Å². The molecular formula is C18H20N2O5. The Morgan fingerprint density at radius 2 is 2.08 bits per heavy atom. The summed E-state index contributed by atoms with van der Waals surface area (Å²) < 4.78 is 10.8. The Balaban J connectivity index is 1.47. The van der Waals surface area contributed by atoms with Crippen LogP contribution in [-0.4, -0.2) is 52.7 Å². The highest BCUT2D eigenvalue weighted by atomic mass is 16.5. The number of ether oxygens (including phenoxy) is 1. The van der Waals surface area contributed by atoms with E-state index in [9.17, 15) is 9.59 Å². The van der Waals surface area contributed by atoms with Gasteiger partial charge in [-0.2, -0.15) is 0 Å². The molecule has 0 radical (unpaired) electrons. The van der Waals surface area contributed by atoms with Crippen LogP contribution in [0.3, 0.4) is 0 Å². The van der Waals surface area contributed by atoms with Crippen molar-refractivity contribution in [2.24, 2.45) is 0 Å². The van der Waals surface area contributed by atoms with Gasteiger partial charge in [-0.1, -0.05) is 30.3 Å². The summed E-state index contributed by atoms with van der Waals surface area (Å²) in [5.41, 5.74) is 0.963. The number of carboxylic acids is 1. The fraction of sp³-hybridized carbons (Fsp3) is 0.389. The van der Waals surface area contributed by atoms with Crippen LogP contribution in [0.1, 0.15) is 18.7 Å². The quantitative estimate of drug-likeness (QED) is 0.861. The van der Waals surface area contributed by atoms with E-state index in [0.717, 1.165) is 5.56 Å². The summed E-state index contributed by atoms with van der Waals surface area (Å²) in [6.07, 6.45) is 2.24. The predicted molar refractivity (Wildman–Crippen MR) is 88.8 cm³/mol. The molecule has 1 N–H and O–H groups in total. The summed E-state index contributed by atoms with van der Waals surface area (Å²) in [6.45, 7) is 0.786. The lowest BCUT2D eigenvalue weighted by atomic mass is 10.2. The molecule has 1 aliphatic rings. The number of nitrogens with zero attached hydrogens (tertiary/aromatic N) is 2. The number of aryl methyl sites for hydroxylation is 1. The molecule has 1 atom stereocenters. The van der Waals surface area contributed by atoms with E-state index in [1.165, 1.54) is 0 Å². The molecule has 7 heteroatoms. The van der Waals surface area contributed by atoms with Crippen molar-refractivity contribution in [3.8, 4) is 11.3 Å². The van der Waals surface area contributed by atoms with E-state index in [1.807, 2.05) is 30.3 Å². The summed E-state index contributed by atoms with van der Waals surface area (Å²) in [6, 6.07) is 9.70. The molecule has 1 aliphatic heterocycles. The maximum absolute atomic E-state index is 12.2. The third kappa shape index (κ3) is 4.45. The number of benzene rings is 1. The minimum absolute atomic E-state index is 0.0654. The second-order valence-electron chi connectivity index (χ2n) is 5.88. The molecule has 1 fully saturated rings. The van der Waals surface area contributed by atoms with Crippen LogP contribution in [0.15, 0.2) is 40.9 Å². The summed E-state index contributed by atoms with van der Waals surface area (Å²) in [4.78, 5) is 29.0. The average molecular weight is 344 g/mol. The van der Waals surface area contributed by atoms with Crippen LogP contribution in [0, 0.1) is 0 Å². The van der Waals surface area contributed by atoms with Gasteiger partial charge in [0.2, 0.25) is 5.91 Å². The lowest BCUT2D eigenvalue weighted by molar-refractivity contribution is -0.159. The minimum atomic E-state index is -1.04. The summed E-state index contributed by atoms with van der Waals surface area (Å²) in [5.74, 6) is 0.201. The molecule has 0 saturated carbocycles. The van der Waals surface area contributed by atoms with Gasteiger partial charge in [0.1, 0.15) is 0 Å². The van der Waals surface area contributed by atoms with Gasteiger partial charge >= 0.3 is 5.97 Å². The number of aromatic nitrogens is 1. The largest absolute Gasteiger partial charge is 0.479 e. The zero-order chi connectivity index (χ0) is 17.6. The molecule has 0 aliphatic carbocycles. The molecular weight excluding hydrogens is 324 g/mol. The Labute approximate surface area is 145 Å². The molecule has 0 unspecified atom stereocenters. The molecule has 3 rings (SSSR count). The smallest absolute Gasteiger partial charge is 0.334 e. The molecule has 1 aromatic carbocycles. The Kier molecular flexibility index (Phi) is 5.45. The van der Waals surface area contributed by atoms with Crippen molar-refractivity contribution in [2.75, 3.05) is 19.7 Å². The first-order chi connectivity index (χ1) is 12.1. The first-order valence-corrected chi connectivity index (χ1v) is 8.26. The van der Waals surface area contributed by atoms with Gasteiger partial charge in [0.25, 0.3) is 0 Å². The van der Waals surface area contributed by atoms with E-state index in [0.29, 0.717) is 37.5 Å². The van der Waals surface area contributed by atoms with Crippen molar-refractivity contribution < 1.29 is 23.8 Å². The molecule has 132 valence electrons. The molecule has 2 heterocycles. The van der Waals surface area contributed by atoms with Crippen LogP contribution in [0.4, 0.5) is 0 Å². The van der Waals surface area contributed by atoms with Crippen molar-refractivity contribution in [1.29, 1.82) is 0 Å². The molecule has 1 aromatic heterocycles. The maximum Gasteiger partial charge on any atom is 0.334 e. The van der Waals surface area contributed by atoms with Crippen molar-refractivity contribution in [1.82, 2.24) is 9.88 Å². The average Bonchev–Trinajstić information content (AvgIpc) is 3.11. The van der Waals surface area contributed by atoms with E-state index in [1.54, 1.807) is 11.1 Å². The lowest BCUT2D eigenvalue weighted by Gasteiger charge is -2.30. The Morgan fingerprint density at radius 3 is 2.84 bits per heavy atom. The fourth-order valence-electron chi connectivity index (χ4n) is 2.74. The third-order valence-electron chi connectivity index (χ3n) is 4.09. The first-order valence-electron chi connectivity index (χ1n) is 8.26. The Hall–Kier alpha value is -2.67. The summed E-state index contributed by atoms with van der Waals surface area (Å²) >= 11 is 0. The van der Waals surface area contributed by atoms with Gasteiger partial charge < -0.3 is 19.2 Å². The molecule has 7 nitrogen and oxygen atoms in total. The number of hydrogen-bond donors (Lipinski definition) is 1. The SMILES string of the molecule is O=C(O)[C@H]1CN(C(=O)CCCc2ncc(-c3ccccc3)o2)CCO1. The predicted octanol–water partition coefficient (Wildman–Crippen LogP) is 1.98. The standard InChI is InChI=1S/C18H20N2O5/c21-17(20-9-10-24-15(12-20)18(22)23)8-4-7-16-19-11-14(25-16)13-5-2-1-3-6-13/h1-3,5-6,11,15H,4,7-10,12H2,(H,22,23)/t15-/m1/s1.